The summed E-state index contributed by atoms with van der Waals surface area (Å²) in [5.41, 5.74) is 0. The Hall–Kier alpha value is -0.260. The van der Waals surface area contributed by atoms with E-state index in [1.54, 1.807) is 0 Å². The molecule has 0 aromatic carbocycles. The Morgan fingerprint density at radius 1 is 1.00 bits per heavy atom. The minimum absolute atomic E-state index is 0.312. The van der Waals surface area contributed by atoms with Gasteiger partial charge in [-0.3, -0.25) is 4.79 Å². The molecule has 2 aliphatic carbocycles. The maximum absolute atomic E-state index is 12.7. The molecule has 0 aromatic rings. The largest absolute Gasteiger partial charge is 0.743 e. The van der Waals surface area contributed by atoms with E-state index in [4.69, 9.17) is 0 Å². The average Bonchev–Trinajstić information content (AvgIpc) is 3.35. The molecule has 11 heteroatoms. The lowest BCUT2D eigenvalue weighted by Crippen LogP contribution is -2.39. The average molecular weight is 608 g/mol. The normalized spacial score (nSPS) is 20.3. The van der Waals surface area contributed by atoms with Gasteiger partial charge in [-0.05, 0) is 62.3 Å². The van der Waals surface area contributed by atoms with Crippen LogP contribution in [-0.4, -0.2) is 58.7 Å². The topological polar surface area (TPSA) is 101 Å². The molecule has 0 N–H and O–H groups in total. The molecule has 6 nitrogen and oxygen atoms in total. The highest BCUT2D eigenvalue weighted by Gasteiger charge is 2.48. The van der Waals surface area contributed by atoms with Gasteiger partial charge < -0.3 is 9.29 Å². The zero-order chi connectivity index (χ0) is 26.3. The van der Waals surface area contributed by atoms with Crippen LogP contribution >= 0.6 is 15.9 Å². The van der Waals surface area contributed by atoms with E-state index in [1.807, 2.05) is 0 Å². The van der Waals surface area contributed by atoms with Gasteiger partial charge in [0.2, 0.25) is 0 Å². The van der Waals surface area contributed by atoms with Crippen LogP contribution in [0.1, 0.15) is 103 Å². The fraction of sp³-hybridized carbons (Fsp3) is 0.917. The number of ketones is 1. The summed E-state index contributed by atoms with van der Waals surface area (Å²) in [6.45, 7) is -0.312. The second-order valence-electron chi connectivity index (χ2n) is 9.34. The van der Waals surface area contributed by atoms with E-state index in [1.165, 1.54) is 44.9 Å². The fourth-order valence-electron chi connectivity index (χ4n) is 4.44. The Bertz CT molecular complexity index is 730. The van der Waals surface area contributed by atoms with Crippen LogP contribution in [-0.2, 0) is 35.3 Å². The first-order valence-corrected chi connectivity index (χ1v) is 17.0. The highest BCUT2D eigenvalue weighted by molar-refractivity contribution is 9.09. The minimum Gasteiger partial charge on any atom is -0.743 e. The van der Waals surface area contributed by atoms with Gasteiger partial charge in [0.15, 0.2) is 21.2 Å². The van der Waals surface area contributed by atoms with Crippen LogP contribution in [0.15, 0.2) is 0 Å². The molecule has 2 fully saturated rings. The van der Waals surface area contributed by atoms with Crippen LogP contribution in [0.3, 0.4) is 0 Å². The number of rotatable bonds is 14. The van der Waals surface area contributed by atoms with E-state index in [2.05, 4.69) is 26.9 Å². The zero-order valence-electron chi connectivity index (χ0n) is 20.8. The van der Waals surface area contributed by atoms with Crippen LogP contribution in [0.25, 0.3) is 0 Å². The molecule has 0 bridgehead atoms. The van der Waals surface area contributed by atoms with Gasteiger partial charge in [0.25, 0.3) is 0 Å². The van der Waals surface area contributed by atoms with Gasteiger partial charge in [-0.2, -0.15) is 8.78 Å². The number of ether oxygens (including phenoxy) is 1. The number of carbonyl (C=O) groups is 2. The van der Waals surface area contributed by atoms with Crippen LogP contribution in [0.2, 0.25) is 0 Å². The van der Waals surface area contributed by atoms with Crippen molar-refractivity contribution in [2.75, 3.05) is 18.2 Å². The Morgan fingerprint density at radius 2 is 1.51 bits per heavy atom. The highest BCUT2D eigenvalue weighted by Crippen LogP contribution is 2.32. The molecule has 2 aliphatic rings. The van der Waals surface area contributed by atoms with Crippen LogP contribution in [0, 0.1) is 0 Å². The summed E-state index contributed by atoms with van der Waals surface area (Å²) in [6, 6.07) is 0. The molecule has 0 radical (unpaired) electrons. The summed E-state index contributed by atoms with van der Waals surface area (Å²) in [4.78, 5) is 22.6. The second-order valence-corrected chi connectivity index (χ2v) is 14.0. The van der Waals surface area contributed by atoms with E-state index >= 15 is 0 Å². The molecule has 0 heterocycles. The van der Waals surface area contributed by atoms with Gasteiger partial charge in [0.05, 0.1) is 12.9 Å². The zero-order valence-corrected chi connectivity index (χ0v) is 24.0. The van der Waals surface area contributed by atoms with Crippen molar-refractivity contribution in [3.05, 3.63) is 0 Å². The van der Waals surface area contributed by atoms with E-state index in [-0.39, 0.29) is 6.61 Å². The Morgan fingerprint density at radius 3 is 2.03 bits per heavy atom. The van der Waals surface area contributed by atoms with Crippen molar-refractivity contribution >= 4 is 48.7 Å². The van der Waals surface area contributed by atoms with Gasteiger partial charge in [-0.1, -0.05) is 54.5 Å². The fourth-order valence-corrected chi connectivity index (χ4v) is 7.72. The number of hydrogen-bond donors (Lipinski definition) is 0. The quantitative estimate of drug-likeness (QED) is 0.0805. The van der Waals surface area contributed by atoms with Gasteiger partial charge in [-0.15, -0.1) is 0 Å². The Balaban J connectivity index is 0.000000375. The van der Waals surface area contributed by atoms with Gasteiger partial charge in [0, 0.05) is 18.2 Å². The van der Waals surface area contributed by atoms with Crippen LogP contribution in [0.4, 0.5) is 8.78 Å². The van der Waals surface area contributed by atoms with Crippen LogP contribution < -0.4 is 0 Å². The molecule has 2 atom stereocenters. The SMILES string of the molecule is C[S+](C1CCCC1)C1CCCCC1=O.O=C(OCCCCCCCCCCBr)C(F)(F)S(=O)(=O)[O-]. The molecule has 2 unspecified atom stereocenters. The molecular formula is C24H41BrF2O6S2. The molecular weight excluding hydrogens is 566 g/mol. The number of carbonyl (C=O) groups excluding carboxylic acids is 2. The molecule has 2 rings (SSSR count). The number of hydrogen-bond acceptors (Lipinski definition) is 6. The molecule has 0 aromatic heterocycles. The third-order valence-electron chi connectivity index (χ3n) is 6.59. The summed E-state index contributed by atoms with van der Waals surface area (Å²) in [6.07, 6.45) is 20.0. The molecule has 0 aliphatic heterocycles. The van der Waals surface area contributed by atoms with Crippen molar-refractivity contribution < 1.29 is 36.1 Å². The summed E-state index contributed by atoms with van der Waals surface area (Å²) in [5.74, 6) is -1.72. The van der Waals surface area contributed by atoms with Gasteiger partial charge in [0.1, 0.15) is 5.25 Å². The number of alkyl halides is 3. The van der Waals surface area contributed by atoms with Gasteiger partial charge in [-0.25, -0.2) is 13.2 Å². The first-order chi connectivity index (χ1) is 16.5. The standard InChI is InChI=1S/C12H21BrF2O5S.C12H21OS/c13-9-7-5-3-1-2-4-6-8-10-20-11(16)12(14,15)21(17,18)19;1-14(10-6-2-3-7-10)12-9-5-4-8-11(12)13/h1-10H2,(H,17,18,19);10,12H,2-9H2,1H3/q;+1/p-1. The van der Waals surface area contributed by atoms with Crippen LogP contribution in [0.5, 0.6) is 0 Å². The lowest BCUT2D eigenvalue weighted by molar-refractivity contribution is -0.161. The number of Topliss-reactive ketones (excluding diaryl/α,β-unsaturated/α-hetero) is 1. The summed E-state index contributed by atoms with van der Waals surface area (Å²) < 4.78 is 60.1. The summed E-state index contributed by atoms with van der Waals surface area (Å²) in [7, 11) is -5.64. The lowest BCUT2D eigenvalue weighted by atomic mass is 9.99. The van der Waals surface area contributed by atoms with E-state index in [9.17, 15) is 31.3 Å². The van der Waals surface area contributed by atoms with E-state index in [0.717, 1.165) is 55.5 Å². The molecule has 0 amide bonds. The predicted octanol–water partition coefficient (Wildman–Crippen LogP) is 5.87. The summed E-state index contributed by atoms with van der Waals surface area (Å²) in [5, 5.41) is -2.67. The highest BCUT2D eigenvalue weighted by atomic mass is 79.9. The van der Waals surface area contributed by atoms with Crippen molar-refractivity contribution in [2.45, 2.75) is 118 Å². The molecule has 0 saturated heterocycles. The molecule has 35 heavy (non-hydrogen) atoms. The van der Waals surface area contributed by atoms with Crippen molar-refractivity contribution in [3.63, 3.8) is 0 Å². The second kappa shape index (κ2) is 17.3. The Labute approximate surface area is 220 Å². The smallest absolute Gasteiger partial charge is 0.428 e. The van der Waals surface area contributed by atoms with Crippen molar-refractivity contribution in [3.8, 4) is 0 Å². The summed E-state index contributed by atoms with van der Waals surface area (Å²) >= 11 is 3.35. The van der Waals surface area contributed by atoms with Crippen molar-refractivity contribution in [2.24, 2.45) is 0 Å². The maximum atomic E-state index is 12.7. The van der Waals surface area contributed by atoms with Crippen molar-refractivity contribution in [1.29, 1.82) is 0 Å². The van der Waals surface area contributed by atoms with E-state index < -0.39 is 21.3 Å². The number of esters is 1. The number of halogens is 3. The Kier molecular flexibility index (Phi) is 16.2. The van der Waals surface area contributed by atoms with E-state index in [0.29, 0.717) is 34.8 Å². The third kappa shape index (κ3) is 12.2. The third-order valence-corrected chi connectivity index (χ3v) is 10.9. The van der Waals surface area contributed by atoms with Crippen molar-refractivity contribution in [1.82, 2.24) is 0 Å². The maximum Gasteiger partial charge on any atom is 0.428 e. The first kappa shape index (κ1) is 32.8. The number of unbranched alkanes of at least 4 members (excludes halogenated alkanes) is 7. The molecule has 0 spiro atoms. The van der Waals surface area contributed by atoms with Gasteiger partial charge >= 0.3 is 11.2 Å². The predicted molar refractivity (Wildman–Crippen MR) is 139 cm³/mol. The minimum atomic E-state index is -6.03. The monoisotopic (exact) mass is 606 g/mol. The lowest BCUT2D eigenvalue weighted by Gasteiger charge is -2.22. The molecule has 2 saturated carbocycles. The first-order valence-electron chi connectivity index (χ1n) is 12.7. The molecule has 206 valence electrons.